The fourth-order valence-electron chi connectivity index (χ4n) is 7.60. The maximum Gasteiger partial charge on any atom is 0.363 e. The van der Waals surface area contributed by atoms with Crippen molar-refractivity contribution in [2.45, 2.75) is 97.8 Å². The van der Waals surface area contributed by atoms with Crippen molar-refractivity contribution in [3.63, 3.8) is 0 Å². The largest absolute Gasteiger partial charge is 0.493 e. The number of nitrogens with one attached hydrogen (secondary N) is 3. The predicted octanol–water partition coefficient (Wildman–Crippen LogP) is 6.78. The van der Waals surface area contributed by atoms with Crippen LogP contribution < -0.4 is 25.6 Å². The molecule has 1 aliphatic rings. The van der Waals surface area contributed by atoms with Crippen LogP contribution in [0.4, 0.5) is 5.69 Å². The zero-order valence-corrected chi connectivity index (χ0v) is 37.5. The van der Waals surface area contributed by atoms with E-state index in [2.05, 4.69) is 20.9 Å². The lowest BCUT2D eigenvalue weighted by atomic mass is 9.90. The predicted molar refractivity (Wildman–Crippen MR) is 241 cm³/mol. The van der Waals surface area contributed by atoms with Gasteiger partial charge in [0.1, 0.15) is 29.9 Å². The van der Waals surface area contributed by atoms with Crippen molar-refractivity contribution >= 4 is 47.5 Å². The number of hydrogen-bond acceptors (Lipinski definition) is 12. The van der Waals surface area contributed by atoms with Crippen LogP contribution >= 0.6 is 0 Å². The van der Waals surface area contributed by atoms with Crippen molar-refractivity contribution in [3.8, 4) is 17.1 Å². The van der Waals surface area contributed by atoms with Crippen LogP contribution in [0, 0.1) is 5.92 Å². The Morgan fingerprint density at radius 1 is 0.862 bits per heavy atom. The number of Topliss-reactive ketones (excluding diaryl/α,β-unsaturated/α-hetero) is 1. The second kappa shape index (κ2) is 24.8. The molecule has 0 aliphatic carbocycles. The third kappa shape index (κ3) is 14.0. The van der Waals surface area contributed by atoms with Crippen LogP contribution in [-0.2, 0) is 35.4 Å². The number of carbonyl (C=O) groups is 7. The summed E-state index contributed by atoms with van der Waals surface area (Å²) < 4.78 is 17.1. The molecular formula is C49H59N5O11. The number of carbonyl (C=O) groups excluding carboxylic acids is 7. The fourth-order valence-corrected chi connectivity index (χ4v) is 7.60. The summed E-state index contributed by atoms with van der Waals surface area (Å²) in [5.74, 6) is -3.89. The van der Waals surface area contributed by atoms with Crippen LogP contribution in [0.3, 0.4) is 0 Å². The van der Waals surface area contributed by atoms with Gasteiger partial charge in [0, 0.05) is 30.8 Å². The minimum Gasteiger partial charge on any atom is -0.493 e. The highest BCUT2D eigenvalue weighted by Crippen LogP contribution is 2.30. The van der Waals surface area contributed by atoms with Gasteiger partial charge >= 0.3 is 11.9 Å². The van der Waals surface area contributed by atoms with E-state index in [1.807, 2.05) is 19.1 Å². The van der Waals surface area contributed by atoms with Crippen molar-refractivity contribution in [2.75, 3.05) is 31.3 Å². The monoisotopic (exact) mass is 893 g/mol. The molecule has 3 N–H and O–H groups in total. The van der Waals surface area contributed by atoms with Gasteiger partial charge in [-0.15, -0.1) is 0 Å². The van der Waals surface area contributed by atoms with E-state index >= 15 is 0 Å². The molecule has 0 bridgehead atoms. The van der Waals surface area contributed by atoms with E-state index < -0.39 is 47.7 Å². The van der Waals surface area contributed by atoms with Crippen molar-refractivity contribution in [3.05, 3.63) is 107 Å². The first-order chi connectivity index (χ1) is 31.5. The van der Waals surface area contributed by atoms with E-state index in [1.54, 1.807) is 74.5 Å². The van der Waals surface area contributed by atoms with Gasteiger partial charge in [-0.2, -0.15) is 5.06 Å². The lowest BCUT2D eigenvalue weighted by Crippen LogP contribution is -2.49. The highest BCUT2D eigenvalue weighted by Gasteiger charge is 2.34. The summed E-state index contributed by atoms with van der Waals surface area (Å²) in [6.45, 7) is 8.58. The summed E-state index contributed by atoms with van der Waals surface area (Å²) in [6, 6.07) is 21.7. The number of benzene rings is 3. The number of nitrogens with zero attached hydrogens (tertiary/aromatic N) is 2. The second-order valence-corrected chi connectivity index (χ2v) is 15.7. The highest BCUT2D eigenvalue weighted by molar-refractivity contribution is 6.00. The summed E-state index contributed by atoms with van der Waals surface area (Å²) in [4.78, 5) is 99.0. The Morgan fingerprint density at radius 2 is 1.63 bits per heavy atom. The van der Waals surface area contributed by atoms with E-state index in [0.29, 0.717) is 31.2 Å². The van der Waals surface area contributed by atoms with Crippen LogP contribution in [0.25, 0.3) is 11.3 Å². The van der Waals surface area contributed by atoms with E-state index in [9.17, 15) is 33.6 Å². The lowest BCUT2D eigenvalue weighted by molar-refractivity contribution is -0.171. The molecule has 1 aliphatic heterocycles. The normalized spacial score (nSPS) is 13.4. The number of ether oxygens (including phenoxy) is 2. The van der Waals surface area contributed by atoms with Gasteiger partial charge in [0.05, 0.1) is 36.4 Å². The third-order valence-corrected chi connectivity index (χ3v) is 11.0. The summed E-state index contributed by atoms with van der Waals surface area (Å²) in [6.07, 6.45) is 5.44. The van der Waals surface area contributed by atoms with Crippen molar-refractivity contribution in [1.82, 2.24) is 21.0 Å². The molecule has 0 unspecified atom stereocenters. The number of anilines is 1. The maximum atomic E-state index is 13.7. The topological polar surface area (TPSA) is 203 Å². The average molecular weight is 894 g/mol. The zero-order chi connectivity index (χ0) is 46.7. The number of unbranched alkanes of at least 4 members (excludes halogenated alkanes) is 2. The number of ketones is 1. The molecule has 0 saturated carbocycles. The Kier molecular flexibility index (Phi) is 18.7. The molecule has 346 valence electrons. The number of hydrogen-bond donors (Lipinski definition) is 3. The van der Waals surface area contributed by atoms with Crippen LogP contribution in [0.1, 0.15) is 116 Å². The molecule has 0 spiro atoms. The van der Waals surface area contributed by atoms with Crippen LogP contribution in [0.2, 0.25) is 0 Å². The molecule has 16 nitrogen and oxygen atoms in total. The average Bonchev–Trinajstić information content (AvgIpc) is 4.05. The molecule has 16 heteroatoms. The van der Waals surface area contributed by atoms with E-state index in [4.69, 9.17) is 18.7 Å². The SMILES string of the molecule is CCCCC[C@@H](C(=O)NCNC(=O)c1ccc(-c2ccc(C(=O)N[C@@H](CC(C)=O)C(=O)OCc3ccccc3)c(OCC)c2)o1)[C@@H](CC)N(C=O)OC(=O)c1cccc(N2CCCC2)c1. The maximum absolute atomic E-state index is 13.7. The summed E-state index contributed by atoms with van der Waals surface area (Å²) in [5.41, 5.74) is 2.50. The minimum absolute atomic E-state index is 0.0312. The van der Waals surface area contributed by atoms with Gasteiger partial charge in [0.25, 0.3) is 11.8 Å². The molecule has 3 atom stereocenters. The number of furan rings is 1. The van der Waals surface area contributed by atoms with Gasteiger partial charge in [-0.3, -0.25) is 24.0 Å². The van der Waals surface area contributed by atoms with E-state index in [-0.39, 0.29) is 60.5 Å². The standard InChI is InChI=1S/C49H59N5O11/c1-5-8-10-20-38(41(6-2)54(32-55)65-48(60)36-18-15-19-37(28-36)53-25-13-14-26-53)45(57)50-31-51-47(59)43-24-23-42(64-43)35-21-22-39(44(29-35)62-7-3)46(58)52-40(27-33(4)56)49(61)63-30-34-16-11-9-12-17-34/h9,11-12,15-19,21-24,28-29,32,38,40-41H,5-8,10,13-14,20,25-27,30-31H2,1-4H3,(H,50,57)(H,51,59)(H,52,58)/t38-,40+,41-/m1/s1. The molecule has 4 aromatic rings. The molecular weight excluding hydrogens is 835 g/mol. The van der Waals surface area contributed by atoms with Crippen molar-refractivity contribution in [2.24, 2.45) is 5.92 Å². The lowest BCUT2D eigenvalue weighted by Gasteiger charge is -2.32. The van der Waals surface area contributed by atoms with Crippen LogP contribution in [-0.4, -0.2) is 85.4 Å². The van der Waals surface area contributed by atoms with Crippen LogP contribution in [0.15, 0.2) is 89.3 Å². The molecule has 1 fully saturated rings. The quantitative estimate of drug-likeness (QED) is 0.0207. The molecule has 4 amide bonds. The van der Waals surface area contributed by atoms with E-state index in [0.717, 1.165) is 55.1 Å². The third-order valence-electron chi connectivity index (χ3n) is 11.0. The van der Waals surface area contributed by atoms with Gasteiger partial charge < -0.3 is 39.6 Å². The molecule has 5 rings (SSSR count). The Bertz CT molecular complexity index is 2260. The molecule has 65 heavy (non-hydrogen) atoms. The van der Waals surface area contributed by atoms with Crippen molar-refractivity contribution < 1.29 is 52.3 Å². The molecule has 2 heterocycles. The summed E-state index contributed by atoms with van der Waals surface area (Å²) in [5, 5.41) is 8.92. The Morgan fingerprint density at radius 3 is 2.32 bits per heavy atom. The highest BCUT2D eigenvalue weighted by atomic mass is 16.7. The number of hydroxylamine groups is 2. The smallest absolute Gasteiger partial charge is 0.363 e. The van der Waals surface area contributed by atoms with Gasteiger partial charge in [-0.05, 0) is 87.6 Å². The van der Waals surface area contributed by atoms with Gasteiger partial charge in [-0.25, -0.2) is 9.59 Å². The Balaban J connectivity index is 1.20. The van der Waals surface area contributed by atoms with Crippen molar-refractivity contribution in [1.29, 1.82) is 0 Å². The van der Waals surface area contributed by atoms with Crippen LogP contribution in [0.5, 0.6) is 5.75 Å². The first-order valence-corrected chi connectivity index (χ1v) is 22.2. The number of esters is 1. The van der Waals surface area contributed by atoms with E-state index in [1.165, 1.54) is 19.1 Å². The number of rotatable bonds is 25. The van der Waals surface area contributed by atoms with Gasteiger partial charge in [-0.1, -0.05) is 75.6 Å². The minimum atomic E-state index is -1.24. The molecule has 1 aromatic heterocycles. The Labute approximate surface area is 379 Å². The summed E-state index contributed by atoms with van der Waals surface area (Å²) >= 11 is 0. The number of amides is 4. The van der Waals surface area contributed by atoms with Gasteiger partial charge in [0.15, 0.2) is 5.76 Å². The summed E-state index contributed by atoms with van der Waals surface area (Å²) in [7, 11) is 0. The zero-order valence-electron chi connectivity index (χ0n) is 37.5. The molecule has 1 saturated heterocycles. The van der Waals surface area contributed by atoms with Gasteiger partial charge in [0.2, 0.25) is 12.3 Å². The fraction of sp³-hybridized carbons (Fsp3) is 0.408. The first kappa shape index (κ1) is 49.1. The molecule has 0 radical (unpaired) electrons. The second-order valence-electron chi connectivity index (χ2n) is 15.7. The molecule has 3 aromatic carbocycles. The first-order valence-electron chi connectivity index (χ1n) is 22.2. The Hall–Kier alpha value is -6.97.